The molecule has 0 N–H and O–H groups in total. The first-order valence-electron chi connectivity index (χ1n) is 6.47. The van der Waals surface area contributed by atoms with E-state index in [1.807, 2.05) is 26.0 Å². The van der Waals surface area contributed by atoms with E-state index in [2.05, 4.69) is 6.07 Å². The highest BCUT2D eigenvalue weighted by Crippen LogP contribution is 2.19. The van der Waals surface area contributed by atoms with Crippen LogP contribution >= 0.6 is 11.6 Å². The molecule has 0 saturated heterocycles. The van der Waals surface area contributed by atoms with E-state index >= 15 is 0 Å². The van der Waals surface area contributed by atoms with Crippen LogP contribution in [0.25, 0.3) is 0 Å². The van der Waals surface area contributed by atoms with E-state index in [4.69, 9.17) is 11.6 Å². The third kappa shape index (κ3) is 3.91. The number of ketones is 1. The van der Waals surface area contributed by atoms with E-state index in [9.17, 15) is 9.18 Å². The second kappa shape index (κ2) is 6.19. The number of carbonyl (C=O) groups is 1. The van der Waals surface area contributed by atoms with Crippen LogP contribution in [0.2, 0.25) is 5.02 Å². The zero-order valence-corrected chi connectivity index (χ0v) is 12.3. The third-order valence-electron chi connectivity index (χ3n) is 3.08. The number of carbonyl (C=O) groups excluding carboxylic acids is 1. The summed E-state index contributed by atoms with van der Waals surface area (Å²) in [7, 11) is 0. The van der Waals surface area contributed by atoms with Crippen LogP contribution in [0, 0.1) is 19.7 Å². The van der Waals surface area contributed by atoms with Gasteiger partial charge < -0.3 is 0 Å². The molecule has 2 aromatic rings. The van der Waals surface area contributed by atoms with Crippen LogP contribution in [0.1, 0.15) is 22.3 Å². The average molecular weight is 291 g/mol. The van der Waals surface area contributed by atoms with Gasteiger partial charge in [0.05, 0.1) is 0 Å². The Bertz CT molecular complexity index is 629. The largest absolute Gasteiger partial charge is 0.299 e. The van der Waals surface area contributed by atoms with Crippen LogP contribution in [0.3, 0.4) is 0 Å². The van der Waals surface area contributed by atoms with Gasteiger partial charge in [0, 0.05) is 17.9 Å². The van der Waals surface area contributed by atoms with E-state index in [1.54, 1.807) is 0 Å². The summed E-state index contributed by atoms with van der Waals surface area (Å²) in [4.78, 5) is 12.1. The topological polar surface area (TPSA) is 17.1 Å². The number of halogens is 2. The van der Waals surface area contributed by atoms with Gasteiger partial charge in [0.2, 0.25) is 0 Å². The molecule has 0 saturated carbocycles. The zero-order valence-electron chi connectivity index (χ0n) is 11.5. The number of benzene rings is 2. The molecule has 104 valence electrons. The minimum Gasteiger partial charge on any atom is -0.299 e. The molecule has 0 unspecified atom stereocenters. The van der Waals surface area contributed by atoms with Gasteiger partial charge in [0.15, 0.2) is 0 Å². The molecular weight excluding hydrogens is 275 g/mol. The Morgan fingerprint density at radius 1 is 1.05 bits per heavy atom. The van der Waals surface area contributed by atoms with Gasteiger partial charge in [-0.25, -0.2) is 4.39 Å². The average Bonchev–Trinajstić information content (AvgIpc) is 2.32. The molecule has 0 spiro atoms. The molecule has 0 bridgehead atoms. The molecule has 1 nitrogen and oxygen atoms in total. The lowest BCUT2D eigenvalue weighted by Gasteiger charge is -2.06. The van der Waals surface area contributed by atoms with Crippen molar-refractivity contribution in [3.63, 3.8) is 0 Å². The Kier molecular flexibility index (Phi) is 4.56. The summed E-state index contributed by atoms with van der Waals surface area (Å²) in [6.07, 6.45) is 0.499. The lowest BCUT2D eigenvalue weighted by Crippen LogP contribution is -2.07. The fraction of sp³-hybridized carbons (Fsp3) is 0.235. The Hall–Kier alpha value is -1.67. The standard InChI is InChI=1S/C17H16ClFO/c1-11-5-12(2)7-13(6-11)8-16(20)10-14-9-15(19)3-4-17(14)18/h3-7,9H,8,10H2,1-2H3. The minimum absolute atomic E-state index is 0.0301. The van der Waals surface area contributed by atoms with Crippen molar-refractivity contribution >= 4 is 17.4 Å². The predicted molar refractivity (Wildman–Crippen MR) is 79.7 cm³/mol. The molecule has 20 heavy (non-hydrogen) atoms. The first-order chi connectivity index (χ1) is 9.44. The van der Waals surface area contributed by atoms with Gasteiger partial charge in [-0.2, -0.15) is 0 Å². The zero-order chi connectivity index (χ0) is 14.7. The molecule has 0 aliphatic heterocycles. The van der Waals surface area contributed by atoms with Crippen molar-refractivity contribution in [1.82, 2.24) is 0 Å². The maximum atomic E-state index is 13.2. The summed E-state index contributed by atoms with van der Waals surface area (Å²) in [6, 6.07) is 10.2. The second-order valence-corrected chi connectivity index (χ2v) is 5.53. The van der Waals surface area contributed by atoms with E-state index < -0.39 is 0 Å². The van der Waals surface area contributed by atoms with Crippen molar-refractivity contribution in [2.24, 2.45) is 0 Å². The van der Waals surface area contributed by atoms with Crippen LogP contribution in [0.5, 0.6) is 0 Å². The highest BCUT2D eigenvalue weighted by molar-refractivity contribution is 6.31. The Morgan fingerprint density at radius 3 is 2.35 bits per heavy atom. The molecular formula is C17H16ClFO. The number of rotatable bonds is 4. The van der Waals surface area contributed by atoms with Crippen LogP contribution in [0.15, 0.2) is 36.4 Å². The summed E-state index contributed by atoms with van der Waals surface area (Å²) in [5.74, 6) is -0.342. The number of hydrogen-bond donors (Lipinski definition) is 0. The summed E-state index contributed by atoms with van der Waals surface area (Å²) in [5, 5.41) is 0.431. The second-order valence-electron chi connectivity index (χ2n) is 5.12. The highest BCUT2D eigenvalue weighted by Gasteiger charge is 2.10. The molecule has 2 aromatic carbocycles. The van der Waals surface area contributed by atoms with Crippen molar-refractivity contribution in [3.05, 3.63) is 69.5 Å². The van der Waals surface area contributed by atoms with Crippen molar-refractivity contribution in [3.8, 4) is 0 Å². The summed E-state index contributed by atoms with van der Waals surface area (Å²) in [6.45, 7) is 4.01. The van der Waals surface area contributed by atoms with Crippen molar-refractivity contribution in [1.29, 1.82) is 0 Å². The monoisotopic (exact) mass is 290 g/mol. The number of hydrogen-bond acceptors (Lipinski definition) is 1. The van der Waals surface area contributed by atoms with Gasteiger partial charge >= 0.3 is 0 Å². The Morgan fingerprint density at radius 2 is 1.70 bits per heavy atom. The first kappa shape index (κ1) is 14.7. The van der Waals surface area contributed by atoms with Gasteiger partial charge in [-0.15, -0.1) is 0 Å². The lowest BCUT2D eigenvalue weighted by atomic mass is 10.00. The van der Waals surface area contributed by atoms with Crippen molar-refractivity contribution in [2.45, 2.75) is 26.7 Å². The molecule has 0 aromatic heterocycles. The van der Waals surface area contributed by atoms with Crippen LogP contribution in [-0.2, 0) is 17.6 Å². The predicted octanol–water partition coefficient (Wildman–Crippen LogP) is 4.45. The molecule has 3 heteroatoms. The Balaban J connectivity index is 2.11. The molecule has 0 radical (unpaired) electrons. The highest BCUT2D eigenvalue weighted by atomic mass is 35.5. The van der Waals surface area contributed by atoms with Crippen LogP contribution in [-0.4, -0.2) is 5.78 Å². The van der Waals surface area contributed by atoms with E-state index in [1.165, 1.54) is 18.2 Å². The molecule has 2 rings (SSSR count). The van der Waals surface area contributed by atoms with Gasteiger partial charge in [-0.05, 0) is 43.2 Å². The van der Waals surface area contributed by atoms with Gasteiger partial charge in [0.1, 0.15) is 11.6 Å². The fourth-order valence-electron chi connectivity index (χ4n) is 2.35. The van der Waals surface area contributed by atoms with Gasteiger partial charge in [-0.3, -0.25) is 4.79 Å². The van der Waals surface area contributed by atoms with Gasteiger partial charge in [0.25, 0.3) is 0 Å². The number of Topliss-reactive ketones (excluding diaryl/α,β-unsaturated/α-hetero) is 1. The summed E-state index contributed by atoms with van der Waals surface area (Å²) in [5.41, 5.74) is 3.80. The summed E-state index contributed by atoms with van der Waals surface area (Å²) < 4.78 is 13.2. The first-order valence-corrected chi connectivity index (χ1v) is 6.84. The van der Waals surface area contributed by atoms with Crippen molar-refractivity contribution < 1.29 is 9.18 Å². The lowest BCUT2D eigenvalue weighted by molar-refractivity contribution is -0.117. The third-order valence-corrected chi connectivity index (χ3v) is 3.45. The maximum Gasteiger partial charge on any atom is 0.141 e. The summed E-state index contributed by atoms with van der Waals surface area (Å²) >= 11 is 5.97. The van der Waals surface area contributed by atoms with E-state index in [0.29, 0.717) is 17.0 Å². The maximum absolute atomic E-state index is 13.2. The van der Waals surface area contributed by atoms with Gasteiger partial charge in [-0.1, -0.05) is 40.9 Å². The van der Waals surface area contributed by atoms with E-state index in [0.717, 1.165) is 16.7 Å². The van der Waals surface area contributed by atoms with Crippen LogP contribution < -0.4 is 0 Å². The molecule has 0 fully saturated rings. The quantitative estimate of drug-likeness (QED) is 0.813. The molecule has 0 amide bonds. The normalized spacial score (nSPS) is 10.6. The minimum atomic E-state index is -0.372. The molecule has 0 aliphatic carbocycles. The molecule has 0 heterocycles. The smallest absolute Gasteiger partial charge is 0.141 e. The number of aryl methyl sites for hydroxylation is 2. The van der Waals surface area contributed by atoms with E-state index in [-0.39, 0.29) is 18.0 Å². The Labute approximate surface area is 123 Å². The fourth-order valence-corrected chi connectivity index (χ4v) is 2.54. The molecule has 0 aliphatic rings. The molecule has 0 atom stereocenters. The van der Waals surface area contributed by atoms with Crippen LogP contribution in [0.4, 0.5) is 4.39 Å². The van der Waals surface area contributed by atoms with Crippen molar-refractivity contribution in [2.75, 3.05) is 0 Å². The SMILES string of the molecule is Cc1cc(C)cc(CC(=O)Cc2cc(F)ccc2Cl)c1.